The predicted octanol–water partition coefficient (Wildman–Crippen LogP) is 2.53. The van der Waals surface area contributed by atoms with Crippen LogP contribution in [0.25, 0.3) is 11.0 Å². The Hall–Kier alpha value is -2.67. The van der Waals surface area contributed by atoms with Gasteiger partial charge in [-0.1, -0.05) is 0 Å². The minimum Gasteiger partial charge on any atom is -0.466 e. The van der Waals surface area contributed by atoms with Gasteiger partial charge < -0.3 is 14.5 Å². The van der Waals surface area contributed by atoms with E-state index in [2.05, 4.69) is 10.2 Å². The molecule has 7 heteroatoms. The van der Waals surface area contributed by atoms with Crippen LogP contribution < -0.4 is 10.9 Å². The maximum atomic E-state index is 12.0. The van der Waals surface area contributed by atoms with Crippen LogP contribution in [0.5, 0.6) is 0 Å². The van der Waals surface area contributed by atoms with Crippen molar-refractivity contribution in [2.24, 2.45) is 5.92 Å². The van der Waals surface area contributed by atoms with Gasteiger partial charge in [-0.3, -0.25) is 14.5 Å². The molecule has 1 aliphatic rings. The van der Waals surface area contributed by atoms with E-state index in [9.17, 15) is 14.4 Å². The Kier molecular flexibility index (Phi) is 5.91. The zero-order valence-electron chi connectivity index (χ0n) is 15.6. The van der Waals surface area contributed by atoms with Gasteiger partial charge in [-0.25, -0.2) is 4.79 Å². The molecule has 1 saturated heterocycles. The summed E-state index contributed by atoms with van der Waals surface area (Å²) in [5.74, 6) is -0.343. The summed E-state index contributed by atoms with van der Waals surface area (Å²) in [4.78, 5) is 37.3. The first-order valence-corrected chi connectivity index (χ1v) is 9.19. The second kappa shape index (κ2) is 8.35. The second-order valence-corrected chi connectivity index (χ2v) is 6.79. The summed E-state index contributed by atoms with van der Waals surface area (Å²) in [6.07, 6.45) is 1.51. The normalized spacial score (nSPS) is 15.6. The van der Waals surface area contributed by atoms with Crippen LogP contribution in [0.3, 0.4) is 0 Å². The zero-order chi connectivity index (χ0) is 19.4. The van der Waals surface area contributed by atoms with Crippen LogP contribution in [-0.4, -0.2) is 36.5 Å². The number of likely N-dealkylation sites (tertiary alicyclic amines) is 1. The van der Waals surface area contributed by atoms with Gasteiger partial charge in [0.25, 0.3) is 0 Å². The quantitative estimate of drug-likeness (QED) is 0.641. The number of nitrogens with one attached hydrogen (secondary N) is 1. The van der Waals surface area contributed by atoms with Crippen LogP contribution in [0.1, 0.15) is 32.3 Å². The Morgan fingerprint density at radius 3 is 2.67 bits per heavy atom. The van der Waals surface area contributed by atoms with Crippen LogP contribution in [0.2, 0.25) is 0 Å². The largest absolute Gasteiger partial charge is 0.466 e. The summed E-state index contributed by atoms with van der Waals surface area (Å²) in [5.41, 5.74) is 1.50. The van der Waals surface area contributed by atoms with E-state index in [4.69, 9.17) is 9.15 Å². The summed E-state index contributed by atoms with van der Waals surface area (Å²) in [6, 6.07) is 6.82. The summed E-state index contributed by atoms with van der Waals surface area (Å²) in [5, 5.41) is 3.53. The van der Waals surface area contributed by atoms with Crippen molar-refractivity contribution in [3.05, 3.63) is 40.2 Å². The monoisotopic (exact) mass is 372 g/mol. The second-order valence-electron chi connectivity index (χ2n) is 6.79. The molecule has 1 N–H and O–H groups in total. The molecule has 1 aromatic heterocycles. The van der Waals surface area contributed by atoms with Crippen molar-refractivity contribution in [3.8, 4) is 0 Å². The van der Waals surface area contributed by atoms with Crippen LogP contribution in [0.15, 0.2) is 33.5 Å². The highest BCUT2D eigenvalue weighted by Crippen LogP contribution is 2.25. The molecule has 2 heterocycles. The maximum absolute atomic E-state index is 12.0. The summed E-state index contributed by atoms with van der Waals surface area (Å²) in [6.45, 7) is 5.81. The Morgan fingerprint density at radius 2 is 2.00 bits per heavy atom. The van der Waals surface area contributed by atoms with Crippen LogP contribution in [0, 0.1) is 5.92 Å². The van der Waals surface area contributed by atoms with E-state index in [1.807, 2.05) is 13.0 Å². The third-order valence-electron chi connectivity index (χ3n) is 4.75. The number of esters is 1. The van der Waals surface area contributed by atoms with Crippen molar-refractivity contribution in [1.82, 2.24) is 4.90 Å². The molecule has 0 atom stereocenters. The molecule has 0 bridgehead atoms. The molecule has 3 rings (SSSR count). The number of benzene rings is 1. The molecule has 27 heavy (non-hydrogen) atoms. The first kappa shape index (κ1) is 19.1. The highest BCUT2D eigenvalue weighted by Gasteiger charge is 2.26. The molecule has 0 saturated carbocycles. The Morgan fingerprint density at radius 1 is 1.26 bits per heavy atom. The average molecular weight is 372 g/mol. The van der Waals surface area contributed by atoms with Gasteiger partial charge in [-0.15, -0.1) is 0 Å². The van der Waals surface area contributed by atoms with Crippen molar-refractivity contribution in [2.75, 3.05) is 25.0 Å². The van der Waals surface area contributed by atoms with E-state index in [1.165, 1.54) is 13.0 Å². The van der Waals surface area contributed by atoms with Crippen LogP contribution >= 0.6 is 0 Å². The molecule has 0 aliphatic carbocycles. The lowest BCUT2D eigenvalue weighted by atomic mass is 9.96. The number of carbonyl (C=O) groups excluding carboxylic acids is 2. The van der Waals surface area contributed by atoms with E-state index < -0.39 is 5.63 Å². The summed E-state index contributed by atoms with van der Waals surface area (Å²) >= 11 is 0. The van der Waals surface area contributed by atoms with Gasteiger partial charge in [0.05, 0.1) is 12.5 Å². The van der Waals surface area contributed by atoms with Gasteiger partial charge in [0.1, 0.15) is 5.58 Å². The van der Waals surface area contributed by atoms with Crippen molar-refractivity contribution in [2.45, 2.75) is 33.2 Å². The van der Waals surface area contributed by atoms with Crippen molar-refractivity contribution >= 4 is 28.5 Å². The standard InChI is InChI=1S/C20H24N2O5/c1-3-26-20(25)14-6-8-22(9-7-14)12-15-10-19(24)27-18-11-16(21-13(2)23)4-5-17(15)18/h4-5,10-11,14H,3,6-9,12H2,1-2H3,(H,21,23). The number of hydrogen-bond donors (Lipinski definition) is 1. The fourth-order valence-electron chi connectivity index (χ4n) is 3.47. The Balaban J connectivity index is 1.74. The number of anilines is 1. The lowest BCUT2D eigenvalue weighted by molar-refractivity contribution is -0.149. The smallest absolute Gasteiger partial charge is 0.336 e. The molecule has 144 valence electrons. The SMILES string of the molecule is CCOC(=O)C1CCN(Cc2cc(=O)oc3cc(NC(C)=O)ccc23)CC1. The van der Waals surface area contributed by atoms with E-state index in [0.717, 1.165) is 36.9 Å². The number of nitrogens with zero attached hydrogens (tertiary/aromatic N) is 1. The van der Waals surface area contributed by atoms with Gasteiger partial charge in [0.2, 0.25) is 5.91 Å². The highest BCUT2D eigenvalue weighted by atomic mass is 16.5. The summed E-state index contributed by atoms with van der Waals surface area (Å²) < 4.78 is 10.4. The van der Waals surface area contributed by atoms with Gasteiger partial charge in [0.15, 0.2) is 0 Å². The van der Waals surface area contributed by atoms with E-state index in [0.29, 0.717) is 24.4 Å². The van der Waals surface area contributed by atoms with Crippen molar-refractivity contribution in [3.63, 3.8) is 0 Å². The predicted molar refractivity (Wildman–Crippen MR) is 101 cm³/mol. The molecule has 0 radical (unpaired) electrons. The number of rotatable bonds is 5. The number of amides is 1. The topological polar surface area (TPSA) is 88.8 Å². The number of carbonyl (C=O) groups is 2. The molecular weight excluding hydrogens is 348 g/mol. The van der Waals surface area contributed by atoms with Gasteiger partial charge >= 0.3 is 11.6 Å². The molecule has 1 aromatic carbocycles. The van der Waals surface area contributed by atoms with E-state index in [1.54, 1.807) is 12.1 Å². The molecule has 7 nitrogen and oxygen atoms in total. The molecular formula is C20H24N2O5. The Labute approximate surface area is 157 Å². The zero-order valence-corrected chi connectivity index (χ0v) is 15.6. The maximum Gasteiger partial charge on any atom is 0.336 e. The fraction of sp³-hybridized carbons (Fsp3) is 0.450. The third kappa shape index (κ3) is 4.74. The number of hydrogen-bond acceptors (Lipinski definition) is 6. The Bertz CT molecular complexity index is 897. The lowest BCUT2D eigenvalue weighted by Gasteiger charge is -2.30. The van der Waals surface area contributed by atoms with Crippen molar-refractivity contribution in [1.29, 1.82) is 0 Å². The molecule has 0 spiro atoms. The molecule has 1 fully saturated rings. The van der Waals surface area contributed by atoms with Crippen LogP contribution in [0.4, 0.5) is 5.69 Å². The first-order chi connectivity index (χ1) is 13.0. The minimum atomic E-state index is -0.418. The van der Waals surface area contributed by atoms with Gasteiger partial charge in [-0.05, 0) is 50.6 Å². The minimum absolute atomic E-state index is 0.0426. The number of ether oxygens (including phenoxy) is 1. The van der Waals surface area contributed by atoms with Gasteiger partial charge in [-0.2, -0.15) is 0 Å². The van der Waals surface area contributed by atoms with E-state index >= 15 is 0 Å². The fourth-order valence-corrected chi connectivity index (χ4v) is 3.47. The molecule has 1 amide bonds. The third-order valence-corrected chi connectivity index (χ3v) is 4.75. The lowest BCUT2D eigenvalue weighted by Crippen LogP contribution is -2.36. The highest BCUT2D eigenvalue weighted by molar-refractivity contribution is 5.92. The van der Waals surface area contributed by atoms with E-state index in [-0.39, 0.29) is 17.8 Å². The molecule has 1 aliphatic heterocycles. The molecule has 0 unspecified atom stereocenters. The van der Waals surface area contributed by atoms with Gasteiger partial charge in [0, 0.05) is 36.7 Å². The first-order valence-electron chi connectivity index (χ1n) is 9.19. The van der Waals surface area contributed by atoms with Crippen molar-refractivity contribution < 1.29 is 18.7 Å². The number of piperidine rings is 1. The number of fused-ring (bicyclic) bond motifs is 1. The summed E-state index contributed by atoms with van der Waals surface area (Å²) in [7, 11) is 0. The average Bonchev–Trinajstić information content (AvgIpc) is 2.61. The molecule has 2 aromatic rings. The van der Waals surface area contributed by atoms with Crippen LogP contribution in [-0.2, 0) is 20.9 Å².